The zero-order chi connectivity index (χ0) is 10.6. The molecular formula is C9H10O5. The fourth-order valence-corrected chi connectivity index (χ4v) is 0.963. The van der Waals surface area contributed by atoms with E-state index < -0.39 is 5.97 Å². The number of phenolic OH excluding ortho intramolecular Hbond substituents is 1. The Bertz CT molecular complexity index is 334. The largest absolute Gasteiger partial charge is 0.508 e. The number of aromatic carboxylic acids is 1. The summed E-state index contributed by atoms with van der Waals surface area (Å²) >= 11 is 0. The highest BCUT2D eigenvalue weighted by atomic mass is 16.5. The molecule has 5 nitrogen and oxygen atoms in total. The van der Waals surface area contributed by atoms with Crippen molar-refractivity contribution in [2.75, 3.05) is 13.2 Å². The van der Waals surface area contributed by atoms with Crippen molar-refractivity contribution in [2.24, 2.45) is 0 Å². The minimum absolute atomic E-state index is 0.0102. The van der Waals surface area contributed by atoms with Crippen LogP contribution in [-0.4, -0.2) is 34.5 Å². The zero-order valence-corrected chi connectivity index (χ0v) is 7.30. The molecule has 0 saturated heterocycles. The van der Waals surface area contributed by atoms with Gasteiger partial charge in [-0.2, -0.15) is 0 Å². The van der Waals surface area contributed by atoms with Gasteiger partial charge in [0, 0.05) is 6.07 Å². The van der Waals surface area contributed by atoms with Gasteiger partial charge in [-0.3, -0.25) is 0 Å². The molecule has 0 heterocycles. The van der Waals surface area contributed by atoms with E-state index in [4.69, 9.17) is 20.1 Å². The molecular weight excluding hydrogens is 188 g/mol. The number of carboxylic acids is 1. The van der Waals surface area contributed by atoms with Crippen molar-refractivity contribution in [1.29, 1.82) is 0 Å². The number of aromatic hydroxyl groups is 1. The fourth-order valence-electron chi connectivity index (χ4n) is 0.963. The molecule has 3 N–H and O–H groups in total. The lowest BCUT2D eigenvalue weighted by Crippen LogP contribution is -2.06. The first-order valence-corrected chi connectivity index (χ1v) is 3.95. The third-order valence-electron chi connectivity index (χ3n) is 1.54. The molecule has 0 bridgehead atoms. The van der Waals surface area contributed by atoms with Gasteiger partial charge in [0.05, 0.1) is 6.61 Å². The van der Waals surface area contributed by atoms with Crippen molar-refractivity contribution in [3.05, 3.63) is 23.8 Å². The Balaban J connectivity index is 2.97. The summed E-state index contributed by atoms with van der Waals surface area (Å²) in [6, 6.07) is 3.69. The van der Waals surface area contributed by atoms with Crippen molar-refractivity contribution in [3.8, 4) is 11.5 Å². The summed E-state index contributed by atoms with van der Waals surface area (Å²) in [4.78, 5) is 10.7. The summed E-state index contributed by atoms with van der Waals surface area (Å²) < 4.78 is 4.94. The Morgan fingerprint density at radius 2 is 2.14 bits per heavy atom. The van der Waals surface area contributed by atoms with Crippen molar-refractivity contribution in [1.82, 2.24) is 0 Å². The highest BCUT2D eigenvalue weighted by molar-refractivity contribution is 5.91. The quantitative estimate of drug-likeness (QED) is 0.654. The fraction of sp³-hybridized carbons (Fsp3) is 0.222. The maximum Gasteiger partial charge on any atom is 0.339 e. The first kappa shape index (κ1) is 10.3. The smallest absolute Gasteiger partial charge is 0.339 e. The zero-order valence-electron chi connectivity index (χ0n) is 7.30. The highest BCUT2D eigenvalue weighted by Crippen LogP contribution is 2.23. The van der Waals surface area contributed by atoms with Crippen LogP contribution in [0.3, 0.4) is 0 Å². The van der Waals surface area contributed by atoms with Gasteiger partial charge < -0.3 is 20.1 Å². The summed E-state index contributed by atoms with van der Waals surface area (Å²) in [6.45, 7) is -0.224. The standard InChI is InChI=1S/C9H10O5/c10-3-4-14-8-5-6(11)1-2-7(8)9(12)13/h1-2,5,10-11H,3-4H2,(H,12,13). The van der Waals surface area contributed by atoms with Crippen LogP contribution >= 0.6 is 0 Å². The second-order valence-corrected chi connectivity index (χ2v) is 2.56. The van der Waals surface area contributed by atoms with Gasteiger partial charge in [-0.05, 0) is 12.1 Å². The molecule has 0 aliphatic heterocycles. The monoisotopic (exact) mass is 198 g/mol. The number of hydrogen-bond acceptors (Lipinski definition) is 4. The number of aliphatic hydroxyl groups is 1. The number of phenols is 1. The number of aliphatic hydroxyl groups excluding tert-OH is 1. The molecule has 0 spiro atoms. The topological polar surface area (TPSA) is 87.0 Å². The molecule has 0 radical (unpaired) electrons. The number of carbonyl (C=O) groups is 1. The van der Waals surface area contributed by atoms with Gasteiger partial charge in [-0.1, -0.05) is 0 Å². The Kier molecular flexibility index (Phi) is 3.30. The third kappa shape index (κ3) is 2.37. The molecule has 14 heavy (non-hydrogen) atoms. The maximum absolute atomic E-state index is 10.7. The minimum atomic E-state index is -1.14. The van der Waals surface area contributed by atoms with E-state index >= 15 is 0 Å². The molecule has 0 aromatic heterocycles. The van der Waals surface area contributed by atoms with Gasteiger partial charge >= 0.3 is 5.97 Å². The summed E-state index contributed by atoms with van der Waals surface area (Å²) in [7, 11) is 0. The van der Waals surface area contributed by atoms with E-state index in [1.54, 1.807) is 0 Å². The highest BCUT2D eigenvalue weighted by Gasteiger charge is 2.11. The predicted molar refractivity (Wildman–Crippen MR) is 47.6 cm³/mol. The van der Waals surface area contributed by atoms with Gasteiger partial charge in [0.2, 0.25) is 0 Å². The van der Waals surface area contributed by atoms with Crippen LogP contribution in [0.4, 0.5) is 0 Å². The summed E-state index contributed by atoms with van der Waals surface area (Å²) in [5.74, 6) is -1.17. The average Bonchev–Trinajstić information content (AvgIpc) is 2.14. The molecule has 76 valence electrons. The minimum Gasteiger partial charge on any atom is -0.508 e. The maximum atomic E-state index is 10.7. The van der Waals surface area contributed by atoms with E-state index in [-0.39, 0.29) is 30.3 Å². The predicted octanol–water partition coefficient (Wildman–Crippen LogP) is 0.461. The van der Waals surface area contributed by atoms with Crippen LogP contribution in [0, 0.1) is 0 Å². The van der Waals surface area contributed by atoms with Crippen LogP contribution in [0.1, 0.15) is 10.4 Å². The summed E-state index contributed by atoms with van der Waals surface area (Å²) in [5, 5.41) is 26.3. The van der Waals surface area contributed by atoms with E-state index in [1.807, 2.05) is 0 Å². The third-order valence-corrected chi connectivity index (χ3v) is 1.54. The van der Waals surface area contributed by atoms with Crippen molar-refractivity contribution in [2.45, 2.75) is 0 Å². The number of ether oxygens (including phenoxy) is 1. The molecule has 0 aliphatic carbocycles. The lowest BCUT2D eigenvalue weighted by molar-refractivity contribution is 0.0690. The normalized spacial score (nSPS) is 9.79. The lowest BCUT2D eigenvalue weighted by atomic mass is 10.2. The van der Waals surface area contributed by atoms with Crippen LogP contribution in [0.5, 0.6) is 11.5 Å². The van der Waals surface area contributed by atoms with Crippen LogP contribution in [0.25, 0.3) is 0 Å². The first-order valence-electron chi connectivity index (χ1n) is 3.95. The second kappa shape index (κ2) is 4.48. The number of benzene rings is 1. The SMILES string of the molecule is O=C(O)c1ccc(O)cc1OCCO. The van der Waals surface area contributed by atoms with E-state index in [1.165, 1.54) is 18.2 Å². The summed E-state index contributed by atoms with van der Waals surface area (Å²) in [5.41, 5.74) is -0.0451. The molecule has 0 aliphatic rings. The van der Waals surface area contributed by atoms with Crippen LogP contribution < -0.4 is 4.74 Å². The van der Waals surface area contributed by atoms with Gasteiger partial charge in [-0.25, -0.2) is 4.79 Å². The Morgan fingerprint density at radius 3 is 2.71 bits per heavy atom. The summed E-state index contributed by atoms with van der Waals surface area (Å²) in [6.07, 6.45) is 0. The Labute approximate surface area is 80.2 Å². The van der Waals surface area contributed by atoms with Gasteiger partial charge in [0.1, 0.15) is 23.7 Å². The van der Waals surface area contributed by atoms with Crippen molar-refractivity contribution >= 4 is 5.97 Å². The molecule has 1 aromatic carbocycles. The van der Waals surface area contributed by atoms with Crippen molar-refractivity contribution < 1.29 is 24.9 Å². The van der Waals surface area contributed by atoms with Crippen molar-refractivity contribution in [3.63, 3.8) is 0 Å². The number of carboxylic acid groups (broad SMARTS) is 1. The van der Waals surface area contributed by atoms with E-state index in [9.17, 15) is 4.79 Å². The van der Waals surface area contributed by atoms with Gasteiger partial charge in [-0.15, -0.1) is 0 Å². The van der Waals surface area contributed by atoms with E-state index in [2.05, 4.69) is 0 Å². The molecule has 0 atom stereocenters. The molecule has 0 unspecified atom stereocenters. The Morgan fingerprint density at radius 1 is 1.43 bits per heavy atom. The number of hydrogen-bond donors (Lipinski definition) is 3. The van der Waals surface area contributed by atoms with Gasteiger partial charge in [0.15, 0.2) is 0 Å². The first-order chi connectivity index (χ1) is 6.65. The van der Waals surface area contributed by atoms with E-state index in [0.29, 0.717) is 0 Å². The van der Waals surface area contributed by atoms with E-state index in [0.717, 1.165) is 0 Å². The molecule has 1 rings (SSSR count). The molecule has 0 amide bonds. The lowest BCUT2D eigenvalue weighted by Gasteiger charge is -2.07. The number of rotatable bonds is 4. The van der Waals surface area contributed by atoms with Crippen LogP contribution in [-0.2, 0) is 0 Å². The average molecular weight is 198 g/mol. The second-order valence-electron chi connectivity index (χ2n) is 2.56. The molecule has 1 aromatic rings. The van der Waals surface area contributed by atoms with Gasteiger partial charge in [0.25, 0.3) is 0 Å². The molecule has 5 heteroatoms. The molecule has 0 saturated carbocycles. The Hall–Kier alpha value is -1.75. The van der Waals surface area contributed by atoms with Crippen LogP contribution in [0.2, 0.25) is 0 Å². The molecule has 0 fully saturated rings. The van der Waals surface area contributed by atoms with Crippen LogP contribution in [0.15, 0.2) is 18.2 Å².